The van der Waals surface area contributed by atoms with Crippen LogP contribution in [0, 0.1) is 23.3 Å². The molecule has 6 heteroatoms. The van der Waals surface area contributed by atoms with Gasteiger partial charge in [-0.1, -0.05) is 72.8 Å². The molecule has 4 aromatic carbocycles. The maximum Gasteiger partial charge on any atom is 0.201 e. The number of halogens is 4. The van der Waals surface area contributed by atoms with E-state index in [1.165, 1.54) is 37.5 Å². The highest BCUT2D eigenvalue weighted by Crippen LogP contribution is 2.32. The van der Waals surface area contributed by atoms with Gasteiger partial charge >= 0.3 is 0 Å². The van der Waals surface area contributed by atoms with Crippen molar-refractivity contribution < 1.29 is 27.4 Å². The van der Waals surface area contributed by atoms with Gasteiger partial charge in [-0.05, 0) is 34.4 Å². The molecule has 34 heavy (non-hydrogen) atoms. The Morgan fingerprint density at radius 2 is 1.21 bits per heavy atom. The molecule has 1 N–H and O–H groups in total. The molecular weight excluding hydrogens is 444 g/mol. The van der Waals surface area contributed by atoms with Gasteiger partial charge in [-0.25, -0.2) is 13.2 Å². The summed E-state index contributed by atoms with van der Waals surface area (Å²) in [5, 5.41) is 9.14. The lowest BCUT2D eigenvalue weighted by Gasteiger charge is -2.10. The Hall–Kier alpha value is -3.90. The zero-order valence-corrected chi connectivity index (χ0v) is 18.2. The van der Waals surface area contributed by atoms with Gasteiger partial charge in [0.2, 0.25) is 5.82 Å². The van der Waals surface area contributed by atoms with Crippen molar-refractivity contribution in [3.05, 3.63) is 113 Å². The molecule has 0 saturated heterocycles. The monoisotopic (exact) mass is 464 g/mol. The number of rotatable bonds is 6. The third-order valence-electron chi connectivity index (χ3n) is 5.50. The van der Waals surface area contributed by atoms with Crippen LogP contribution >= 0.6 is 0 Å². The van der Waals surface area contributed by atoms with E-state index in [1.807, 2.05) is 0 Å². The summed E-state index contributed by atoms with van der Waals surface area (Å²) < 4.78 is 62.4. The summed E-state index contributed by atoms with van der Waals surface area (Å²) >= 11 is 0. The van der Waals surface area contributed by atoms with E-state index in [2.05, 4.69) is 0 Å². The molecule has 0 atom stereocenters. The van der Waals surface area contributed by atoms with Gasteiger partial charge in [0.15, 0.2) is 23.2 Å². The Morgan fingerprint density at radius 3 is 1.74 bits per heavy atom. The molecule has 0 fully saturated rings. The Bertz CT molecular complexity index is 1340. The van der Waals surface area contributed by atoms with Crippen LogP contribution in [0.5, 0.6) is 5.75 Å². The smallest absolute Gasteiger partial charge is 0.201 e. The van der Waals surface area contributed by atoms with Crippen molar-refractivity contribution in [2.75, 3.05) is 7.11 Å². The summed E-state index contributed by atoms with van der Waals surface area (Å²) in [5.41, 5.74) is 2.60. The van der Waals surface area contributed by atoms with Gasteiger partial charge < -0.3 is 9.84 Å². The van der Waals surface area contributed by atoms with Gasteiger partial charge in [0.1, 0.15) is 0 Å². The predicted octanol–water partition coefficient (Wildman–Crippen LogP) is 7.25. The predicted molar refractivity (Wildman–Crippen MR) is 125 cm³/mol. The minimum absolute atomic E-state index is 0.0538. The fourth-order valence-electron chi connectivity index (χ4n) is 3.58. The first-order valence-electron chi connectivity index (χ1n) is 10.4. The second-order valence-electron chi connectivity index (χ2n) is 7.58. The third kappa shape index (κ3) is 4.58. The summed E-state index contributed by atoms with van der Waals surface area (Å²) in [5.74, 6) is -4.19. The Kier molecular flexibility index (Phi) is 6.80. The Morgan fingerprint density at radius 1 is 0.647 bits per heavy atom. The first kappa shape index (κ1) is 23.3. The lowest BCUT2D eigenvalue weighted by atomic mass is 9.97. The van der Waals surface area contributed by atoms with Gasteiger partial charge in [0.25, 0.3) is 0 Å². The molecular formula is C28H20F4O2. The number of methoxy groups -OCH3 is 1. The molecule has 0 bridgehead atoms. The number of aliphatic hydroxyl groups is 1. The zero-order chi connectivity index (χ0) is 24.2. The second-order valence-corrected chi connectivity index (χ2v) is 7.58. The summed E-state index contributed by atoms with van der Waals surface area (Å²) in [6.45, 7) is -0.132. The minimum Gasteiger partial charge on any atom is -0.494 e. The second kappa shape index (κ2) is 9.93. The number of hydrogen-bond donors (Lipinski definition) is 1. The van der Waals surface area contributed by atoms with Crippen molar-refractivity contribution in [1.82, 2.24) is 0 Å². The first-order valence-corrected chi connectivity index (χ1v) is 10.4. The van der Waals surface area contributed by atoms with Crippen LogP contribution in [0.15, 0.2) is 72.8 Å². The van der Waals surface area contributed by atoms with Crippen LogP contribution in [0.2, 0.25) is 0 Å². The summed E-state index contributed by atoms with van der Waals surface area (Å²) in [6.07, 6.45) is 3.01. The van der Waals surface area contributed by atoms with E-state index in [0.29, 0.717) is 22.3 Å². The number of hydrogen-bond acceptors (Lipinski definition) is 2. The highest BCUT2D eigenvalue weighted by atomic mass is 19.2. The van der Waals surface area contributed by atoms with Gasteiger partial charge in [-0.3, -0.25) is 0 Å². The SMILES string of the molecule is COc1ccc(C=Cc2ccc(-c3ccc(-c4ccc(CO)cc4)c(F)c3F)cc2)c(F)c1F. The highest BCUT2D eigenvalue weighted by Gasteiger charge is 2.16. The molecule has 2 nitrogen and oxygen atoms in total. The van der Waals surface area contributed by atoms with Crippen molar-refractivity contribution in [3.63, 3.8) is 0 Å². The lowest BCUT2D eigenvalue weighted by molar-refractivity contribution is 0.282. The standard InChI is InChI=1S/C28H20F4O2/c1-34-24-15-12-21(25(29)28(24)32)11-4-17-2-7-19(8-3-17)22-13-14-23(27(31)26(22)30)20-9-5-18(16-33)6-10-20/h2-15,33H,16H2,1H3. The normalized spacial score (nSPS) is 11.2. The molecule has 0 amide bonds. The number of ether oxygens (including phenoxy) is 1. The molecule has 0 aliphatic carbocycles. The number of aliphatic hydroxyl groups excluding tert-OH is 1. The van der Waals surface area contributed by atoms with Crippen molar-refractivity contribution >= 4 is 12.2 Å². The molecule has 0 radical (unpaired) electrons. The van der Waals surface area contributed by atoms with E-state index in [1.54, 1.807) is 54.6 Å². The van der Waals surface area contributed by atoms with Gasteiger partial charge in [0, 0.05) is 16.7 Å². The summed E-state index contributed by atoms with van der Waals surface area (Å²) in [4.78, 5) is 0. The molecule has 4 aromatic rings. The molecule has 172 valence electrons. The molecule has 4 rings (SSSR count). The molecule has 0 aliphatic rings. The topological polar surface area (TPSA) is 29.5 Å². The maximum atomic E-state index is 14.9. The van der Waals surface area contributed by atoms with Crippen LogP contribution in [0.3, 0.4) is 0 Å². The van der Waals surface area contributed by atoms with E-state index in [4.69, 9.17) is 9.84 Å². The highest BCUT2D eigenvalue weighted by molar-refractivity contribution is 5.75. The molecule has 0 unspecified atom stereocenters. The van der Waals surface area contributed by atoms with Crippen molar-refractivity contribution in [2.45, 2.75) is 6.61 Å². The number of benzene rings is 4. The van der Waals surface area contributed by atoms with Gasteiger partial charge in [-0.2, -0.15) is 4.39 Å². The Labute approximate surface area is 194 Å². The van der Waals surface area contributed by atoms with E-state index < -0.39 is 23.3 Å². The lowest BCUT2D eigenvalue weighted by Crippen LogP contribution is -1.94. The fourth-order valence-corrected chi connectivity index (χ4v) is 3.58. The van der Waals surface area contributed by atoms with E-state index in [0.717, 1.165) is 0 Å². The van der Waals surface area contributed by atoms with Crippen LogP contribution in [-0.4, -0.2) is 12.2 Å². The summed E-state index contributed by atoms with van der Waals surface area (Å²) in [6, 6.07) is 18.9. The van der Waals surface area contributed by atoms with Crippen LogP contribution in [0.4, 0.5) is 17.6 Å². The first-order chi connectivity index (χ1) is 16.4. The van der Waals surface area contributed by atoms with Crippen LogP contribution in [0.1, 0.15) is 16.7 Å². The van der Waals surface area contributed by atoms with E-state index in [-0.39, 0.29) is 29.0 Å². The quantitative estimate of drug-likeness (QED) is 0.241. The van der Waals surface area contributed by atoms with E-state index in [9.17, 15) is 17.6 Å². The molecule has 0 spiro atoms. The van der Waals surface area contributed by atoms with Crippen LogP contribution in [0.25, 0.3) is 34.4 Å². The molecule has 0 heterocycles. The van der Waals surface area contributed by atoms with Crippen LogP contribution < -0.4 is 4.74 Å². The van der Waals surface area contributed by atoms with E-state index >= 15 is 0 Å². The van der Waals surface area contributed by atoms with Crippen molar-refractivity contribution in [2.24, 2.45) is 0 Å². The average molecular weight is 464 g/mol. The third-order valence-corrected chi connectivity index (χ3v) is 5.50. The molecule has 0 aromatic heterocycles. The van der Waals surface area contributed by atoms with Crippen LogP contribution in [-0.2, 0) is 6.61 Å². The van der Waals surface area contributed by atoms with Crippen molar-refractivity contribution in [1.29, 1.82) is 0 Å². The largest absolute Gasteiger partial charge is 0.494 e. The minimum atomic E-state index is -1.06. The zero-order valence-electron chi connectivity index (χ0n) is 18.2. The molecule has 0 aliphatic heterocycles. The van der Waals surface area contributed by atoms with Crippen molar-refractivity contribution in [3.8, 4) is 28.0 Å². The fraction of sp³-hybridized carbons (Fsp3) is 0.0714. The maximum absolute atomic E-state index is 14.9. The Balaban J connectivity index is 1.57. The molecule has 0 saturated carbocycles. The van der Waals surface area contributed by atoms with Gasteiger partial charge in [-0.15, -0.1) is 0 Å². The average Bonchev–Trinajstić information content (AvgIpc) is 2.87. The summed E-state index contributed by atoms with van der Waals surface area (Å²) in [7, 11) is 1.26. The van der Waals surface area contributed by atoms with Gasteiger partial charge in [0.05, 0.1) is 13.7 Å².